The van der Waals surface area contributed by atoms with Crippen LogP contribution in [0.15, 0.2) is 18.2 Å². The summed E-state index contributed by atoms with van der Waals surface area (Å²) in [7, 11) is 1.86. The first-order chi connectivity index (χ1) is 9.63. The average Bonchev–Trinajstić information content (AvgIpc) is 2.46. The largest absolute Gasteiger partial charge is 0.387 e. The molecule has 0 aromatic heterocycles. The summed E-state index contributed by atoms with van der Waals surface area (Å²) in [5, 5.41) is 3.12. The molecule has 112 valence electrons. The van der Waals surface area contributed by atoms with Crippen LogP contribution in [0, 0.1) is 6.92 Å². The molecule has 0 radical (unpaired) electrons. The third-order valence-electron chi connectivity index (χ3n) is 3.53. The molecule has 0 aliphatic carbocycles. The first-order valence-corrected chi connectivity index (χ1v) is 7.71. The lowest BCUT2D eigenvalue weighted by molar-refractivity contribution is 0.0752. The standard InChI is InChI=1S/C17H28N2O/c1-5-7-11-19(12-8-6-2)17(20)15-13-14(3)9-10-16(15)18-4/h9-10,13,18H,5-8,11-12H2,1-4H3. The van der Waals surface area contributed by atoms with Crippen molar-refractivity contribution < 1.29 is 4.79 Å². The van der Waals surface area contributed by atoms with E-state index in [-0.39, 0.29) is 5.91 Å². The zero-order valence-corrected chi connectivity index (χ0v) is 13.3. The van der Waals surface area contributed by atoms with Gasteiger partial charge in [0.25, 0.3) is 5.91 Å². The van der Waals surface area contributed by atoms with Crippen molar-refractivity contribution in [3.63, 3.8) is 0 Å². The first kappa shape index (κ1) is 16.5. The highest BCUT2D eigenvalue weighted by atomic mass is 16.2. The molecule has 1 rings (SSSR count). The van der Waals surface area contributed by atoms with E-state index in [1.165, 1.54) is 0 Å². The van der Waals surface area contributed by atoms with Gasteiger partial charge < -0.3 is 10.2 Å². The number of aryl methyl sites for hydroxylation is 1. The van der Waals surface area contributed by atoms with Gasteiger partial charge in [-0.1, -0.05) is 38.3 Å². The van der Waals surface area contributed by atoms with Gasteiger partial charge in [0, 0.05) is 25.8 Å². The molecule has 0 saturated heterocycles. The Labute approximate surface area is 123 Å². The minimum atomic E-state index is 0.153. The summed E-state index contributed by atoms with van der Waals surface area (Å²) in [6.45, 7) is 8.06. The van der Waals surface area contributed by atoms with Crippen LogP contribution in [0.25, 0.3) is 0 Å². The number of hydrogen-bond donors (Lipinski definition) is 1. The van der Waals surface area contributed by atoms with E-state index in [0.717, 1.165) is 55.6 Å². The summed E-state index contributed by atoms with van der Waals surface area (Å²) in [6.07, 6.45) is 4.36. The fourth-order valence-electron chi connectivity index (χ4n) is 2.24. The van der Waals surface area contributed by atoms with E-state index in [4.69, 9.17) is 0 Å². The Morgan fingerprint density at radius 1 is 1.15 bits per heavy atom. The number of carbonyl (C=O) groups is 1. The zero-order chi connectivity index (χ0) is 15.0. The topological polar surface area (TPSA) is 32.3 Å². The quantitative estimate of drug-likeness (QED) is 0.776. The van der Waals surface area contributed by atoms with E-state index < -0.39 is 0 Å². The van der Waals surface area contributed by atoms with Gasteiger partial charge in [0.1, 0.15) is 0 Å². The minimum absolute atomic E-state index is 0.153. The Bertz CT molecular complexity index is 421. The fraction of sp³-hybridized carbons (Fsp3) is 0.588. The van der Waals surface area contributed by atoms with Crippen molar-refractivity contribution >= 4 is 11.6 Å². The molecule has 1 aromatic carbocycles. The Morgan fingerprint density at radius 2 is 1.75 bits per heavy atom. The summed E-state index contributed by atoms with van der Waals surface area (Å²) < 4.78 is 0. The molecule has 1 amide bonds. The summed E-state index contributed by atoms with van der Waals surface area (Å²) in [4.78, 5) is 14.8. The van der Waals surface area contributed by atoms with Crippen LogP contribution in [0.5, 0.6) is 0 Å². The third-order valence-corrected chi connectivity index (χ3v) is 3.53. The van der Waals surface area contributed by atoms with Gasteiger partial charge in [-0.25, -0.2) is 0 Å². The monoisotopic (exact) mass is 276 g/mol. The molecule has 0 heterocycles. The van der Waals surface area contributed by atoms with Gasteiger partial charge in [0.2, 0.25) is 0 Å². The van der Waals surface area contributed by atoms with Gasteiger partial charge >= 0.3 is 0 Å². The van der Waals surface area contributed by atoms with Crippen molar-refractivity contribution in [2.75, 3.05) is 25.5 Å². The molecule has 1 N–H and O–H groups in total. The highest BCUT2D eigenvalue weighted by Crippen LogP contribution is 2.19. The molecule has 0 aliphatic rings. The maximum atomic E-state index is 12.8. The van der Waals surface area contributed by atoms with Crippen LogP contribution in [0.4, 0.5) is 5.69 Å². The number of nitrogens with one attached hydrogen (secondary N) is 1. The Balaban J connectivity index is 2.94. The molecule has 1 aromatic rings. The number of amides is 1. The predicted octanol–water partition coefficient (Wildman–Crippen LogP) is 4.08. The van der Waals surface area contributed by atoms with Crippen LogP contribution in [0.2, 0.25) is 0 Å². The second kappa shape index (κ2) is 8.62. The molecule has 0 bridgehead atoms. The van der Waals surface area contributed by atoms with Gasteiger partial charge in [-0.2, -0.15) is 0 Å². The van der Waals surface area contributed by atoms with Crippen LogP contribution in [-0.2, 0) is 0 Å². The number of nitrogens with zero attached hydrogens (tertiary/aromatic N) is 1. The van der Waals surface area contributed by atoms with E-state index >= 15 is 0 Å². The normalized spacial score (nSPS) is 10.4. The van der Waals surface area contributed by atoms with E-state index in [2.05, 4.69) is 19.2 Å². The van der Waals surface area contributed by atoms with Gasteiger partial charge in [-0.15, -0.1) is 0 Å². The summed E-state index contributed by atoms with van der Waals surface area (Å²) >= 11 is 0. The van der Waals surface area contributed by atoms with E-state index in [9.17, 15) is 4.79 Å². The Hall–Kier alpha value is -1.51. The molecule has 0 saturated carbocycles. The highest BCUT2D eigenvalue weighted by molar-refractivity contribution is 5.99. The van der Waals surface area contributed by atoms with Crippen LogP contribution in [0.1, 0.15) is 55.5 Å². The molecule has 0 unspecified atom stereocenters. The predicted molar refractivity (Wildman–Crippen MR) is 86.4 cm³/mol. The van der Waals surface area contributed by atoms with Crippen molar-refractivity contribution in [1.29, 1.82) is 0 Å². The van der Waals surface area contributed by atoms with E-state index in [1.807, 2.05) is 37.1 Å². The lowest BCUT2D eigenvalue weighted by Crippen LogP contribution is -2.33. The second-order valence-corrected chi connectivity index (χ2v) is 5.30. The molecule has 20 heavy (non-hydrogen) atoms. The molecule has 3 nitrogen and oxygen atoms in total. The van der Waals surface area contributed by atoms with Crippen LogP contribution >= 0.6 is 0 Å². The smallest absolute Gasteiger partial charge is 0.255 e. The van der Waals surface area contributed by atoms with Gasteiger partial charge in [-0.3, -0.25) is 4.79 Å². The maximum absolute atomic E-state index is 12.8. The van der Waals surface area contributed by atoms with Crippen molar-refractivity contribution in [2.24, 2.45) is 0 Å². The molecule has 0 spiro atoms. The maximum Gasteiger partial charge on any atom is 0.255 e. The van der Waals surface area contributed by atoms with E-state index in [1.54, 1.807) is 0 Å². The Morgan fingerprint density at radius 3 is 2.25 bits per heavy atom. The van der Waals surface area contributed by atoms with Gasteiger partial charge in [-0.05, 0) is 31.9 Å². The lowest BCUT2D eigenvalue weighted by atomic mass is 10.1. The number of anilines is 1. The molecule has 3 heteroatoms. The fourth-order valence-corrected chi connectivity index (χ4v) is 2.24. The van der Waals surface area contributed by atoms with Crippen molar-refractivity contribution in [3.05, 3.63) is 29.3 Å². The highest BCUT2D eigenvalue weighted by Gasteiger charge is 2.18. The van der Waals surface area contributed by atoms with Crippen LogP contribution in [0.3, 0.4) is 0 Å². The van der Waals surface area contributed by atoms with Gasteiger partial charge in [0.05, 0.1) is 5.56 Å². The number of unbranched alkanes of at least 4 members (excludes halogenated alkanes) is 2. The average molecular weight is 276 g/mol. The molecular formula is C17H28N2O. The number of rotatable bonds is 8. The second-order valence-electron chi connectivity index (χ2n) is 5.30. The molecular weight excluding hydrogens is 248 g/mol. The van der Waals surface area contributed by atoms with Crippen molar-refractivity contribution in [1.82, 2.24) is 4.90 Å². The Kier molecular flexibility index (Phi) is 7.13. The van der Waals surface area contributed by atoms with Crippen LogP contribution < -0.4 is 5.32 Å². The van der Waals surface area contributed by atoms with Crippen LogP contribution in [-0.4, -0.2) is 30.9 Å². The molecule has 0 fully saturated rings. The summed E-state index contributed by atoms with van der Waals surface area (Å²) in [5.41, 5.74) is 2.83. The SMILES string of the molecule is CCCCN(CCCC)C(=O)c1cc(C)ccc1NC. The number of hydrogen-bond acceptors (Lipinski definition) is 2. The third kappa shape index (κ3) is 4.55. The summed E-state index contributed by atoms with van der Waals surface area (Å²) in [5.74, 6) is 0.153. The lowest BCUT2D eigenvalue weighted by Gasteiger charge is -2.24. The first-order valence-electron chi connectivity index (χ1n) is 7.71. The van der Waals surface area contributed by atoms with Gasteiger partial charge in [0.15, 0.2) is 0 Å². The van der Waals surface area contributed by atoms with Crippen molar-refractivity contribution in [3.8, 4) is 0 Å². The summed E-state index contributed by atoms with van der Waals surface area (Å²) in [6, 6.07) is 6.00. The van der Waals surface area contributed by atoms with Crippen molar-refractivity contribution in [2.45, 2.75) is 46.5 Å². The minimum Gasteiger partial charge on any atom is -0.387 e. The molecule has 0 atom stereocenters. The molecule has 0 aliphatic heterocycles. The van der Waals surface area contributed by atoms with E-state index in [0.29, 0.717) is 0 Å². The zero-order valence-electron chi connectivity index (χ0n) is 13.3. The number of carbonyl (C=O) groups excluding carboxylic acids is 1. The number of benzene rings is 1.